The van der Waals surface area contributed by atoms with E-state index in [1.54, 1.807) is 31.3 Å². The monoisotopic (exact) mass is 247 g/mol. The number of ether oxygens (including phenoxy) is 1. The Hall–Kier alpha value is -2.50. The molecular weight excluding hydrogens is 234 g/mol. The third kappa shape index (κ3) is 2.13. The number of hydrogen-bond donors (Lipinski definition) is 2. The standard InChI is InChI=1S/C12H13N3O3/c1-15-9-3-2-8(13)4-7(9)5-10(12(15)17)18-6-11(14)16/h2-5H,6,13H2,1H3,(H2,14,16). The maximum Gasteiger partial charge on any atom is 0.293 e. The van der Waals surface area contributed by atoms with Crippen molar-refractivity contribution in [2.45, 2.75) is 0 Å². The summed E-state index contributed by atoms with van der Waals surface area (Å²) in [7, 11) is 1.62. The number of benzene rings is 1. The summed E-state index contributed by atoms with van der Waals surface area (Å²) in [6.07, 6.45) is 0. The first-order valence-electron chi connectivity index (χ1n) is 5.29. The van der Waals surface area contributed by atoms with Gasteiger partial charge in [-0.05, 0) is 24.3 Å². The van der Waals surface area contributed by atoms with E-state index >= 15 is 0 Å². The van der Waals surface area contributed by atoms with Crippen LogP contribution < -0.4 is 21.8 Å². The fraction of sp³-hybridized carbons (Fsp3) is 0.167. The van der Waals surface area contributed by atoms with Crippen LogP contribution in [-0.4, -0.2) is 17.1 Å². The van der Waals surface area contributed by atoms with Crippen LogP contribution in [0.1, 0.15) is 0 Å². The molecule has 0 aliphatic rings. The number of nitrogens with two attached hydrogens (primary N) is 2. The Morgan fingerprint density at radius 2 is 2.11 bits per heavy atom. The fourth-order valence-corrected chi connectivity index (χ4v) is 1.72. The molecular formula is C12H13N3O3. The number of rotatable bonds is 3. The number of nitrogens with zero attached hydrogens (tertiary/aromatic N) is 1. The average molecular weight is 247 g/mol. The molecule has 0 saturated carbocycles. The normalized spacial score (nSPS) is 10.5. The van der Waals surface area contributed by atoms with Gasteiger partial charge in [0.2, 0.25) is 0 Å². The van der Waals surface area contributed by atoms with Gasteiger partial charge in [0, 0.05) is 18.1 Å². The van der Waals surface area contributed by atoms with Gasteiger partial charge in [-0.3, -0.25) is 9.59 Å². The molecule has 18 heavy (non-hydrogen) atoms. The molecule has 94 valence electrons. The number of amides is 1. The van der Waals surface area contributed by atoms with E-state index in [2.05, 4.69) is 0 Å². The number of fused-ring (bicyclic) bond motifs is 1. The highest BCUT2D eigenvalue weighted by molar-refractivity contribution is 5.83. The molecule has 0 saturated heterocycles. The van der Waals surface area contributed by atoms with E-state index in [1.807, 2.05) is 0 Å². The molecule has 1 aromatic carbocycles. The summed E-state index contributed by atoms with van der Waals surface area (Å²) in [5, 5.41) is 0.761. The molecule has 0 aliphatic heterocycles. The van der Waals surface area contributed by atoms with Gasteiger partial charge in [0.15, 0.2) is 12.4 Å². The van der Waals surface area contributed by atoms with Crippen molar-refractivity contribution in [2.24, 2.45) is 12.8 Å². The molecule has 2 aromatic rings. The van der Waals surface area contributed by atoms with Crippen LogP contribution in [0.5, 0.6) is 5.75 Å². The van der Waals surface area contributed by atoms with E-state index in [0.29, 0.717) is 5.69 Å². The molecule has 0 unspecified atom stereocenters. The van der Waals surface area contributed by atoms with Gasteiger partial charge in [0.25, 0.3) is 11.5 Å². The lowest BCUT2D eigenvalue weighted by Gasteiger charge is -2.09. The SMILES string of the molecule is Cn1c(=O)c(OCC(N)=O)cc2cc(N)ccc21. The lowest BCUT2D eigenvalue weighted by molar-refractivity contribution is -0.119. The van der Waals surface area contributed by atoms with Gasteiger partial charge < -0.3 is 20.8 Å². The fourth-order valence-electron chi connectivity index (χ4n) is 1.72. The van der Waals surface area contributed by atoms with Crippen LogP contribution in [0.2, 0.25) is 0 Å². The number of nitrogen functional groups attached to an aromatic ring is 1. The smallest absolute Gasteiger partial charge is 0.293 e. The van der Waals surface area contributed by atoms with Crippen molar-refractivity contribution < 1.29 is 9.53 Å². The number of aromatic nitrogens is 1. The van der Waals surface area contributed by atoms with Crippen molar-refractivity contribution in [1.82, 2.24) is 4.57 Å². The maximum atomic E-state index is 11.9. The van der Waals surface area contributed by atoms with E-state index in [4.69, 9.17) is 16.2 Å². The van der Waals surface area contributed by atoms with Gasteiger partial charge in [0.05, 0.1) is 5.52 Å². The van der Waals surface area contributed by atoms with Crippen molar-refractivity contribution in [2.75, 3.05) is 12.3 Å². The van der Waals surface area contributed by atoms with Crippen LogP contribution in [0.25, 0.3) is 10.9 Å². The van der Waals surface area contributed by atoms with Crippen LogP contribution in [0.15, 0.2) is 29.1 Å². The maximum absolute atomic E-state index is 11.9. The van der Waals surface area contributed by atoms with Crippen molar-refractivity contribution >= 4 is 22.5 Å². The molecule has 6 heteroatoms. The second kappa shape index (κ2) is 4.40. The average Bonchev–Trinajstić information content (AvgIpc) is 2.31. The van der Waals surface area contributed by atoms with Crippen molar-refractivity contribution in [3.8, 4) is 5.75 Å². The first-order valence-corrected chi connectivity index (χ1v) is 5.29. The topological polar surface area (TPSA) is 100 Å². The molecule has 0 bridgehead atoms. The van der Waals surface area contributed by atoms with Gasteiger partial charge >= 0.3 is 0 Å². The van der Waals surface area contributed by atoms with E-state index in [-0.39, 0.29) is 17.9 Å². The van der Waals surface area contributed by atoms with Gasteiger partial charge in [0.1, 0.15) is 0 Å². The largest absolute Gasteiger partial charge is 0.478 e. The number of hydrogen-bond acceptors (Lipinski definition) is 4. The van der Waals surface area contributed by atoms with E-state index < -0.39 is 5.91 Å². The molecule has 2 rings (SSSR count). The summed E-state index contributed by atoms with van der Waals surface area (Å²) in [5.74, 6) is -0.556. The Kier molecular flexibility index (Phi) is 2.93. The lowest BCUT2D eigenvalue weighted by Crippen LogP contribution is -2.25. The van der Waals surface area contributed by atoms with Gasteiger partial charge in [-0.1, -0.05) is 0 Å². The third-order valence-corrected chi connectivity index (χ3v) is 2.58. The Bertz CT molecular complexity index is 676. The molecule has 6 nitrogen and oxygen atoms in total. The zero-order valence-corrected chi connectivity index (χ0v) is 9.84. The highest BCUT2D eigenvalue weighted by Crippen LogP contribution is 2.19. The second-order valence-corrected chi connectivity index (χ2v) is 3.95. The van der Waals surface area contributed by atoms with Crippen molar-refractivity contribution in [1.29, 1.82) is 0 Å². The second-order valence-electron chi connectivity index (χ2n) is 3.95. The summed E-state index contributed by atoms with van der Waals surface area (Å²) in [6.45, 7) is -0.330. The molecule has 0 fully saturated rings. The number of primary amides is 1. The highest BCUT2D eigenvalue weighted by atomic mass is 16.5. The Labute approximate surface area is 103 Å². The minimum atomic E-state index is -0.635. The first-order chi connectivity index (χ1) is 8.49. The summed E-state index contributed by atoms with van der Waals surface area (Å²) in [5.41, 5.74) is 11.7. The van der Waals surface area contributed by atoms with Crippen LogP contribution in [-0.2, 0) is 11.8 Å². The molecule has 4 N–H and O–H groups in total. The van der Waals surface area contributed by atoms with E-state index in [1.165, 1.54) is 4.57 Å². The zero-order chi connectivity index (χ0) is 13.3. The summed E-state index contributed by atoms with van der Waals surface area (Å²) in [4.78, 5) is 22.6. The predicted octanol–water partition coefficient (Wildman–Crippen LogP) is -0.0152. The van der Waals surface area contributed by atoms with Gasteiger partial charge in [-0.15, -0.1) is 0 Å². The number of carbonyl (C=O) groups is 1. The first kappa shape index (κ1) is 12.0. The lowest BCUT2D eigenvalue weighted by atomic mass is 10.2. The van der Waals surface area contributed by atoms with Crippen LogP contribution in [0, 0.1) is 0 Å². The molecule has 1 aromatic heterocycles. The molecule has 0 radical (unpaired) electrons. The van der Waals surface area contributed by atoms with Crippen molar-refractivity contribution in [3.05, 3.63) is 34.6 Å². The molecule has 0 spiro atoms. The predicted molar refractivity (Wildman–Crippen MR) is 68.3 cm³/mol. The van der Waals surface area contributed by atoms with E-state index in [0.717, 1.165) is 10.9 Å². The quantitative estimate of drug-likeness (QED) is 0.744. The van der Waals surface area contributed by atoms with E-state index in [9.17, 15) is 9.59 Å². The number of anilines is 1. The zero-order valence-electron chi connectivity index (χ0n) is 9.84. The van der Waals surface area contributed by atoms with Crippen LogP contribution in [0.3, 0.4) is 0 Å². The Morgan fingerprint density at radius 3 is 2.78 bits per heavy atom. The Balaban J connectivity index is 2.58. The summed E-state index contributed by atoms with van der Waals surface area (Å²) >= 11 is 0. The molecule has 0 atom stereocenters. The number of carbonyl (C=O) groups excluding carboxylic acids is 1. The molecule has 1 heterocycles. The van der Waals surface area contributed by atoms with Crippen molar-refractivity contribution in [3.63, 3.8) is 0 Å². The summed E-state index contributed by atoms with van der Waals surface area (Å²) in [6, 6.07) is 6.75. The minimum absolute atomic E-state index is 0.0781. The number of pyridine rings is 1. The molecule has 0 aliphatic carbocycles. The van der Waals surface area contributed by atoms with Gasteiger partial charge in [-0.25, -0.2) is 0 Å². The van der Waals surface area contributed by atoms with Crippen LogP contribution in [0.4, 0.5) is 5.69 Å². The number of aryl methyl sites for hydroxylation is 1. The molecule has 1 amide bonds. The van der Waals surface area contributed by atoms with Crippen LogP contribution >= 0.6 is 0 Å². The Morgan fingerprint density at radius 1 is 1.39 bits per heavy atom. The minimum Gasteiger partial charge on any atom is -0.478 e. The van der Waals surface area contributed by atoms with Gasteiger partial charge in [-0.2, -0.15) is 0 Å². The highest BCUT2D eigenvalue weighted by Gasteiger charge is 2.08. The third-order valence-electron chi connectivity index (χ3n) is 2.58. The summed E-state index contributed by atoms with van der Waals surface area (Å²) < 4.78 is 6.51.